The van der Waals surface area contributed by atoms with Crippen LogP contribution in [0.15, 0.2) is 52.1 Å². The standard InChI is InChI=1S/C24H27N3O4S/c1-15(2)22(17-9-10-19-20(13-17)30-12-6-11-29-19)25-21(28)14-32-24-27-26-23(31-24)18-8-5-4-7-16(18)3/h4-5,7-10,13,15,22H,6,11-12,14H2,1-3H3,(H,25,28)/t22-/m0/s1. The highest BCUT2D eigenvalue weighted by atomic mass is 32.2. The summed E-state index contributed by atoms with van der Waals surface area (Å²) >= 11 is 1.23. The van der Waals surface area contributed by atoms with E-state index in [1.807, 2.05) is 49.4 Å². The van der Waals surface area contributed by atoms with Gasteiger partial charge in [0, 0.05) is 12.0 Å². The summed E-state index contributed by atoms with van der Waals surface area (Å²) < 4.78 is 17.3. The van der Waals surface area contributed by atoms with Gasteiger partial charge in [-0.1, -0.05) is 49.9 Å². The molecule has 4 rings (SSSR count). The molecule has 32 heavy (non-hydrogen) atoms. The van der Waals surface area contributed by atoms with Crippen LogP contribution in [0, 0.1) is 12.8 Å². The molecule has 1 atom stereocenters. The van der Waals surface area contributed by atoms with Crippen LogP contribution in [0.5, 0.6) is 11.5 Å². The van der Waals surface area contributed by atoms with Gasteiger partial charge in [0.15, 0.2) is 11.5 Å². The minimum atomic E-state index is -0.148. The number of amides is 1. The van der Waals surface area contributed by atoms with E-state index in [-0.39, 0.29) is 23.6 Å². The van der Waals surface area contributed by atoms with Crippen molar-refractivity contribution in [3.63, 3.8) is 0 Å². The number of nitrogens with one attached hydrogen (secondary N) is 1. The van der Waals surface area contributed by atoms with Gasteiger partial charge in [0.25, 0.3) is 5.22 Å². The first-order valence-corrected chi connectivity index (χ1v) is 11.7. The Balaban J connectivity index is 1.39. The van der Waals surface area contributed by atoms with Crippen molar-refractivity contribution >= 4 is 17.7 Å². The maximum Gasteiger partial charge on any atom is 0.277 e. The number of aromatic nitrogens is 2. The van der Waals surface area contributed by atoms with Crippen molar-refractivity contribution in [2.75, 3.05) is 19.0 Å². The third-order valence-electron chi connectivity index (χ3n) is 5.22. The van der Waals surface area contributed by atoms with Crippen molar-refractivity contribution in [3.05, 3.63) is 53.6 Å². The summed E-state index contributed by atoms with van der Waals surface area (Å²) in [5, 5.41) is 11.7. The fourth-order valence-corrected chi connectivity index (χ4v) is 4.11. The normalized spacial score (nSPS) is 14.1. The fraction of sp³-hybridized carbons (Fsp3) is 0.375. The molecule has 1 N–H and O–H groups in total. The molecule has 3 aromatic rings. The highest BCUT2D eigenvalue weighted by Crippen LogP contribution is 2.34. The molecule has 1 amide bonds. The van der Waals surface area contributed by atoms with Gasteiger partial charge in [-0.2, -0.15) is 0 Å². The Morgan fingerprint density at radius 2 is 1.88 bits per heavy atom. The van der Waals surface area contributed by atoms with Crippen LogP contribution in [0.1, 0.15) is 37.4 Å². The molecule has 1 aromatic heterocycles. The van der Waals surface area contributed by atoms with E-state index in [1.165, 1.54) is 11.8 Å². The third kappa shape index (κ3) is 5.24. The first kappa shape index (κ1) is 22.2. The van der Waals surface area contributed by atoms with Gasteiger partial charge in [0.05, 0.1) is 25.0 Å². The summed E-state index contributed by atoms with van der Waals surface area (Å²) in [7, 11) is 0. The van der Waals surface area contributed by atoms with Gasteiger partial charge in [-0.15, -0.1) is 10.2 Å². The SMILES string of the molecule is Cc1ccccc1-c1nnc(SCC(=O)N[C@H](c2ccc3c(c2)OCCCO3)C(C)C)o1. The predicted octanol–water partition coefficient (Wildman–Crippen LogP) is 4.81. The molecular weight excluding hydrogens is 426 g/mol. The van der Waals surface area contributed by atoms with Crippen LogP contribution in [-0.4, -0.2) is 35.1 Å². The number of ether oxygens (including phenoxy) is 2. The van der Waals surface area contributed by atoms with E-state index >= 15 is 0 Å². The zero-order valence-electron chi connectivity index (χ0n) is 18.5. The van der Waals surface area contributed by atoms with Crippen LogP contribution < -0.4 is 14.8 Å². The number of benzene rings is 2. The molecule has 0 fully saturated rings. The van der Waals surface area contributed by atoms with Gasteiger partial charge < -0.3 is 19.2 Å². The minimum absolute atomic E-state index is 0.101. The van der Waals surface area contributed by atoms with E-state index < -0.39 is 0 Å². The lowest BCUT2D eigenvalue weighted by Gasteiger charge is -2.23. The Kier molecular flexibility index (Phi) is 6.99. The molecule has 0 aliphatic carbocycles. The minimum Gasteiger partial charge on any atom is -0.490 e. The topological polar surface area (TPSA) is 86.5 Å². The third-order valence-corrected chi connectivity index (χ3v) is 6.04. The summed E-state index contributed by atoms with van der Waals surface area (Å²) in [6.45, 7) is 7.42. The van der Waals surface area contributed by atoms with Crippen LogP contribution >= 0.6 is 11.8 Å². The molecule has 0 saturated heterocycles. The number of carbonyl (C=O) groups is 1. The van der Waals surface area contributed by atoms with Crippen LogP contribution in [0.3, 0.4) is 0 Å². The second-order valence-electron chi connectivity index (χ2n) is 8.02. The summed E-state index contributed by atoms with van der Waals surface area (Å²) in [5.41, 5.74) is 2.94. The van der Waals surface area contributed by atoms with Gasteiger partial charge in [-0.05, 0) is 42.2 Å². The zero-order valence-corrected chi connectivity index (χ0v) is 19.3. The van der Waals surface area contributed by atoms with Crippen molar-refractivity contribution < 1.29 is 18.7 Å². The largest absolute Gasteiger partial charge is 0.490 e. The number of hydrogen-bond acceptors (Lipinski definition) is 7. The first-order chi connectivity index (χ1) is 15.5. The quantitative estimate of drug-likeness (QED) is 0.514. The van der Waals surface area contributed by atoms with E-state index in [2.05, 4.69) is 29.4 Å². The van der Waals surface area contributed by atoms with Crippen molar-refractivity contribution in [1.29, 1.82) is 0 Å². The number of fused-ring (bicyclic) bond motifs is 1. The smallest absolute Gasteiger partial charge is 0.277 e. The molecule has 0 radical (unpaired) electrons. The molecule has 0 spiro atoms. The van der Waals surface area contributed by atoms with E-state index in [9.17, 15) is 4.79 Å². The average molecular weight is 454 g/mol. The Bertz CT molecular complexity index is 1080. The molecule has 2 heterocycles. The van der Waals surface area contributed by atoms with E-state index in [4.69, 9.17) is 13.9 Å². The van der Waals surface area contributed by atoms with E-state index in [1.54, 1.807) is 0 Å². The summed E-state index contributed by atoms with van der Waals surface area (Å²) in [4.78, 5) is 12.7. The van der Waals surface area contributed by atoms with E-state index in [0.717, 1.165) is 34.6 Å². The van der Waals surface area contributed by atoms with Crippen LogP contribution in [0.4, 0.5) is 0 Å². The van der Waals surface area contributed by atoms with Gasteiger partial charge in [-0.25, -0.2) is 0 Å². The molecule has 0 unspecified atom stereocenters. The lowest BCUT2D eigenvalue weighted by atomic mass is 9.95. The molecule has 0 bridgehead atoms. The number of carbonyl (C=O) groups excluding carboxylic acids is 1. The lowest BCUT2D eigenvalue weighted by Crippen LogP contribution is -2.33. The molecule has 2 aromatic carbocycles. The number of nitrogens with zero attached hydrogens (tertiary/aromatic N) is 2. The summed E-state index contributed by atoms with van der Waals surface area (Å²) in [6.07, 6.45) is 0.854. The van der Waals surface area contributed by atoms with E-state index in [0.29, 0.717) is 24.3 Å². The predicted molar refractivity (Wildman–Crippen MR) is 123 cm³/mol. The molecule has 8 heteroatoms. The molecule has 0 saturated carbocycles. The highest BCUT2D eigenvalue weighted by molar-refractivity contribution is 7.99. The Morgan fingerprint density at radius 3 is 2.66 bits per heavy atom. The molecular formula is C24H27N3O4S. The highest BCUT2D eigenvalue weighted by Gasteiger charge is 2.22. The molecule has 1 aliphatic heterocycles. The fourth-order valence-electron chi connectivity index (χ4n) is 3.54. The van der Waals surface area contributed by atoms with Gasteiger partial charge in [0.2, 0.25) is 11.8 Å². The van der Waals surface area contributed by atoms with Gasteiger partial charge >= 0.3 is 0 Å². The van der Waals surface area contributed by atoms with Crippen LogP contribution in [0.25, 0.3) is 11.5 Å². The Morgan fingerprint density at radius 1 is 1.09 bits per heavy atom. The number of aryl methyl sites for hydroxylation is 1. The Hall–Kier alpha value is -3.00. The molecule has 1 aliphatic rings. The maximum absolute atomic E-state index is 12.7. The number of thioether (sulfide) groups is 1. The second kappa shape index (κ2) is 10.1. The molecule has 168 valence electrons. The Labute approximate surface area is 191 Å². The van der Waals surface area contributed by atoms with Crippen molar-refractivity contribution in [2.45, 2.75) is 38.5 Å². The maximum atomic E-state index is 12.7. The van der Waals surface area contributed by atoms with Gasteiger partial charge in [-0.3, -0.25) is 4.79 Å². The second-order valence-corrected chi connectivity index (χ2v) is 8.95. The van der Waals surface area contributed by atoms with Gasteiger partial charge in [0.1, 0.15) is 0 Å². The van der Waals surface area contributed by atoms with Crippen LogP contribution in [0.2, 0.25) is 0 Å². The summed E-state index contributed by atoms with van der Waals surface area (Å²) in [5.74, 6) is 2.21. The average Bonchev–Trinajstić information content (AvgIpc) is 3.13. The molecule has 7 nitrogen and oxygen atoms in total. The zero-order chi connectivity index (χ0) is 22.5. The first-order valence-electron chi connectivity index (χ1n) is 10.7. The number of rotatable bonds is 7. The van der Waals surface area contributed by atoms with Crippen molar-refractivity contribution in [2.24, 2.45) is 5.92 Å². The van der Waals surface area contributed by atoms with Crippen LogP contribution in [-0.2, 0) is 4.79 Å². The van der Waals surface area contributed by atoms with Crippen molar-refractivity contribution in [3.8, 4) is 23.0 Å². The monoisotopic (exact) mass is 453 g/mol. The lowest BCUT2D eigenvalue weighted by molar-refractivity contribution is -0.119. The van der Waals surface area contributed by atoms with Crippen molar-refractivity contribution in [1.82, 2.24) is 15.5 Å². The number of hydrogen-bond donors (Lipinski definition) is 1. The summed E-state index contributed by atoms with van der Waals surface area (Å²) in [6, 6.07) is 13.5.